The zero-order valence-corrected chi connectivity index (χ0v) is 21.8. The van der Waals surface area contributed by atoms with Crippen LogP contribution in [0, 0.1) is 29.1 Å². The second-order valence-electron chi connectivity index (χ2n) is 11.1. The van der Waals surface area contributed by atoms with Gasteiger partial charge in [0.2, 0.25) is 5.91 Å². The fraction of sp³-hybridized carbons (Fsp3) is 0.556. The summed E-state index contributed by atoms with van der Waals surface area (Å²) in [7, 11) is 0. The van der Waals surface area contributed by atoms with Gasteiger partial charge in [-0.05, 0) is 28.4 Å². The van der Waals surface area contributed by atoms with Crippen LogP contribution in [0.25, 0.3) is 0 Å². The summed E-state index contributed by atoms with van der Waals surface area (Å²) in [6, 6.07) is -2.44. The van der Waals surface area contributed by atoms with E-state index >= 15 is 0 Å². The molecule has 2 rings (SSSR count). The monoisotopic (exact) mass is 506 g/mol. The number of likely N-dealkylation sites (tertiary alicyclic amines) is 1. The number of carbonyl (C=O) groups excluding carboxylic acids is 2. The highest BCUT2D eigenvalue weighted by Crippen LogP contribution is 2.44. The molecule has 2 amide bonds. The van der Waals surface area contributed by atoms with Gasteiger partial charge in [-0.1, -0.05) is 66.7 Å². The molecule has 0 bridgehead atoms. The molecule has 3 N–H and O–H groups in total. The zero-order chi connectivity index (χ0) is 27.6. The van der Waals surface area contributed by atoms with Crippen LogP contribution in [-0.2, 0) is 9.59 Å². The number of alkyl halides is 3. The van der Waals surface area contributed by atoms with E-state index in [-0.39, 0.29) is 17.5 Å². The average molecular weight is 507 g/mol. The van der Waals surface area contributed by atoms with Crippen LogP contribution in [0.2, 0.25) is 0 Å². The lowest BCUT2D eigenvalue weighted by Gasteiger charge is -2.41. The number of terminal acetylenes is 1. The molecule has 2 aliphatic heterocycles. The Labute approximate surface area is 212 Å². The second-order valence-corrected chi connectivity index (χ2v) is 11.1. The summed E-state index contributed by atoms with van der Waals surface area (Å²) < 4.78 is 39.2. The molecule has 0 saturated carbocycles. The second kappa shape index (κ2) is 10.5. The van der Waals surface area contributed by atoms with Gasteiger partial charge in [0.25, 0.3) is 0 Å². The van der Waals surface area contributed by atoms with E-state index in [1.165, 1.54) is 0 Å². The van der Waals surface area contributed by atoms with E-state index in [4.69, 9.17) is 6.42 Å². The Morgan fingerprint density at radius 1 is 1.31 bits per heavy atom. The largest absolute Gasteiger partial charge is 0.471 e. The maximum absolute atomic E-state index is 13.6. The number of rotatable bonds is 7. The number of dihydropyridines is 1. The maximum Gasteiger partial charge on any atom is 0.471 e. The number of halogens is 3. The van der Waals surface area contributed by atoms with Gasteiger partial charge >= 0.3 is 12.1 Å². The minimum Gasteiger partial charge on any atom is -0.362 e. The van der Waals surface area contributed by atoms with E-state index in [2.05, 4.69) is 35.0 Å². The van der Waals surface area contributed by atoms with E-state index in [0.29, 0.717) is 18.7 Å². The standard InChI is InChI=1S/C27H37F3N4O2/c1-10-20(14-19-12-11-13-31-17(19)3)32-23(35)22-26(8,9)16(2)15-34(22)18(4)21(25(5,6)7)33-24(36)27(28,29)30/h1,11-13,16,20-22,31H,3-4,14-15H2,2,5-9H3,(H,32,35)(H,33,36)/t16?,20?,21?,22-/m1/s1. The first-order valence-corrected chi connectivity index (χ1v) is 11.8. The van der Waals surface area contributed by atoms with Crippen molar-refractivity contribution >= 4 is 11.8 Å². The van der Waals surface area contributed by atoms with E-state index < -0.39 is 41.0 Å². The van der Waals surface area contributed by atoms with Crippen molar-refractivity contribution in [3.63, 3.8) is 0 Å². The molecule has 0 spiro atoms. The lowest BCUT2D eigenvalue weighted by Crippen LogP contribution is -2.56. The fourth-order valence-electron chi connectivity index (χ4n) is 4.57. The van der Waals surface area contributed by atoms with Crippen molar-refractivity contribution < 1.29 is 22.8 Å². The molecule has 6 nitrogen and oxygen atoms in total. The van der Waals surface area contributed by atoms with Gasteiger partial charge in [-0.25, -0.2) is 0 Å². The first kappa shape index (κ1) is 29.1. The quantitative estimate of drug-likeness (QED) is 0.457. The predicted octanol–water partition coefficient (Wildman–Crippen LogP) is 4.00. The molecular weight excluding hydrogens is 469 g/mol. The Kier molecular flexibility index (Phi) is 8.44. The highest BCUT2D eigenvalue weighted by molar-refractivity contribution is 5.84. The fourth-order valence-corrected chi connectivity index (χ4v) is 4.57. The Balaban J connectivity index is 2.34. The summed E-state index contributed by atoms with van der Waals surface area (Å²) in [4.78, 5) is 27.2. The molecule has 0 radical (unpaired) electrons. The summed E-state index contributed by atoms with van der Waals surface area (Å²) in [5.41, 5.74) is 0.423. The number of nitrogens with zero attached hydrogens (tertiary/aromatic N) is 1. The summed E-state index contributed by atoms with van der Waals surface area (Å²) in [6.07, 6.45) is 6.46. The first-order valence-electron chi connectivity index (χ1n) is 11.8. The third-order valence-electron chi connectivity index (χ3n) is 7.09. The van der Waals surface area contributed by atoms with Crippen LogP contribution in [0.3, 0.4) is 0 Å². The molecule has 0 aromatic heterocycles. The molecule has 3 unspecified atom stereocenters. The Morgan fingerprint density at radius 3 is 2.42 bits per heavy atom. The van der Waals surface area contributed by atoms with Gasteiger partial charge in [-0.15, -0.1) is 6.42 Å². The molecule has 198 valence electrons. The van der Waals surface area contributed by atoms with Crippen LogP contribution in [0.5, 0.6) is 0 Å². The summed E-state index contributed by atoms with van der Waals surface area (Å²) >= 11 is 0. The van der Waals surface area contributed by atoms with Gasteiger partial charge in [0.15, 0.2) is 0 Å². The van der Waals surface area contributed by atoms with Gasteiger partial charge in [-0.3, -0.25) is 9.59 Å². The van der Waals surface area contributed by atoms with Gasteiger partial charge in [0, 0.05) is 30.6 Å². The van der Waals surface area contributed by atoms with Crippen molar-refractivity contribution in [2.24, 2.45) is 16.7 Å². The van der Waals surface area contributed by atoms with E-state index in [9.17, 15) is 22.8 Å². The van der Waals surface area contributed by atoms with Crippen LogP contribution in [0.4, 0.5) is 13.2 Å². The van der Waals surface area contributed by atoms with Gasteiger partial charge in [-0.2, -0.15) is 13.2 Å². The number of nitrogens with one attached hydrogen (secondary N) is 3. The molecule has 0 aromatic rings. The number of carbonyl (C=O) groups is 2. The van der Waals surface area contributed by atoms with Gasteiger partial charge in [0.05, 0.1) is 12.1 Å². The number of hydrogen-bond donors (Lipinski definition) is 3. The minimum atomic E-state index is -5.04. The summed E-state index contributed by atoms with van der Waals surface area (Å²) in [6.45, 7) is 19.4. The highest BCUT2D eigenvalue weighted by Gasteiger charge is 2.52. The van der Waals surface area contributed by atoms with Crippen molar-refractivity contribution in [3.8, 4) is 12.3 Å². The highest BCUT2D eigenvalue weighted by atomic mass is 19.4. The minimum absolute atomic E-state index is 0.00314. The van der Waals surface area contributed by atoms with Crippen LogP contribution in [-0.4, -0.2) is 47.6 Å². The smallest absolute Gasteiger partial charge is 0.362 e. The van der Waals surface area contributed by atoms with E-state index in [1.54, 1.807) is 31.9 Å². The van der Waals surface area contributed by atoms with Crippen molar-refractivity contribution in [1.29, 1.82) is 0 Å². The van der Waals surface area contributed by atoms with Crippen LogP contribution >= 0.6 is 0 Å². The third kappa shape index (κ3) is 6.34. The zero-order valence-electron chi connectivity index (χ0n) is 21.8. The Bertz CT molecular complexity index is 1010. The van der Waals surface area contributed by atoms with E-state index in [0.717, 1.165) is 5.57 Å². The molecule has 1 saturated heterocycles. The molecule has 4 atom stereocenters. The molecule has 1 fully saturated rings. The molecule has 0 aliphatic carbocycles. The van der Waals surface area contributed by atoms with Crippen molar-refractivity contribution in [2.45, 2.75) is 72.3 Å². The Morgan fingerprint density at radius 2 is 1.92 bits per heavy atom. The average Bonchev–Trinajstić information content (AvgIpc) is 2.99. The molecular formula is C27H37F3N4O2. The number of allylic oxidation sites excluding steroid dienone is 3. The Hall–Kier alpha value is -3.15. The molecule has 2 aliphatic rings. The van der Waals surface area contributed by atoms with Gasteiger partial charge in [0.1, 0.15) is 6.04 Å². The van der Waals surface area contributed by atoms with Crippen LogP contribution < -0.4 is 16.0 Å². The van der Waals surface area contributed by atoms with Gasteiger partial charge < -0.3 is 20.9 Å². The predicted molar refractivity (Wildman–Crippen MR) is 135 cm³/mol. The van der Waals surface area contributed by atoms with Crippen LogP contribution in [0.15, 0.2) is 48.5 Å². The molecule has 36 heavy (non-hydrogen) atoms. The lowest BCUT2D eigenvalue weighted by atomic mass is 9.77. The molecule has 0 aromatic carbocycles. The molecule has 9 heteroatoms. The van der Waals surface area contributed by atoms with Crippen LogP contribution in [0.1, 0.15) is 48.0 Å². The first-order chi connectivity index (χ1) is 16.4. The summed E-state index contributed by atoms with van der Waals surface area (Å²) in [5, 5.41) is 8.01. The van der Waals surface area contributed by atoms with Crippen molar-refractivity contribution in [1.82, 2.24) is 20.9 Å². The maximum atomic E-state index is 13.6. The topological polar surface area (TPSA) is 73.5 Å². The number of hydrogen-bond acceptors (Lipinski definition) is 4. The van der Waals surface area contributed by atoms with E-state index in [1.807, 2.05) is 32.9 Å². The third-order valence-corrected chi connectivity index (χ3v) is 7.09. The summed E-state index contributed by atoms with van der Waals surface area (Å²) in [5.74, 6) is 0.209. The van der Waals surface area contributed by atoms with Crippen molar-refractivity contribution in [2.75, 3.05) is 6.54 Å². The van der Waals surface area contributed by atoms with Crippen molar-refractivity contribution in [3.05, 3.63) is 48.5 Å². The molecule has 2 heterocycles. The normalized spacial score (nSPS) is 23.2. The lowest BCUT2D eigenvalue weighted by molar-refractivity contribution is -0.175. The number of amides is 2. The SMILES string of the molecule is C#CC(CC1=CC=CNC1=C)NC(=O)[C@H]1N(C(=C)C(NC(=O)C(F)(F)F)C(C)(C)C)CC(C)C1(C)C.